The van der Waals surface area contributed by atoms with Gasteiger partial charge in [0.05, 0.1) is 13.2 Å². The zero-order valence-corrected chi connectivity index (χ0v) is 22.1. The average Bonchev–Trinajstić information content (AvgIpc) is 2.57. The van der Waals surface area contributed by atoms with Crippen LogP contribution in [0.1, 0.15) is 0 Å². The van der Waals surface area contributed by atoms with Crippen LogP contribution in [-0.4, -0.2) is 196 Å². The van der Waals surface area contributed by atoms with Crippen molar-refractivity contribution in [3.63, 3.8) is 0 Å². The molecule has 12 nitrogen and oxygen atoms in total. The van der Waals surface area contributed by atoms with E-state index in [0.29, 0.717) is 0 Å². The predicted octanol–water partition coefficient (Wildman–Crippen LogP) is -12.4. The Morgan fingerprint density at radius 2 is 1.46 bits per heavy atom. The summed E-state index contributed by atoms with van der Waals surface area (Å²) in [5.74, 6) is -1.84. The summed E-state index contributed by atoms with van der Waals surface area (Å²) in [6.45, 7) is -1.76. The van der Waals surface area contributed by atoms with Crippen LogP contribution in [0, 0.1) is 0 Å². The molecule has 1 aliphatic rings. The van der Waals surface area contributed by atoms with Crippen molar-refractivity contribution in [3.8, 4) is 0 Å². The van der Waals surface area contributed by atoms with Crippen LogP contribution in [0.15, 0.2) is 0 Å². The van der Waals surface area contributed by atoms with Gasteiger partial charge in [-0.05, 0) is 0 Å². The maximum atomic E-state index is 10.7. The van der Waals surface area contributed by atoms with Crippen molar-refractivity contribution in [2.75, 3.05) is 13.2 Å². The Labute approximate surface area is 241 Å². The SMILES string of the molecule is O=C(O)C(O)C(O)C(O[C@@H]1O[C@H](CO)[C@H](O)[C@H](O)[C@H]1O)C(O)CO.[Br-].[Br-].[Ca+2].[Ca+2]. The van der Waals surface area contributed by atoms with E-state index in [1.165, 1.54) is 0 Å². The fraction of sp³-hybridized carbons (Fsp3) is 0.917. The van der Waals surface area contributed by atoms with Gasteiger partial charge in [-0.3, -0.25) is 0 Å². The molecule has 1 fully saturated rings. The van der Waals surface area contributed by atoms with E-state index in [-0.39, 0.29) is 109 Å². The van der Waals surface area contributed by atoms with Gasteiger partial charge in [0, 0.05) is 0 Å². The van der Waals surface area contributed by atoms with Crippen molar-refractivity contribution >= 4 is 81.4 Å². The van der Waals surface area contributed by atoms with Gasteiger partial charge in [0.2, 0.25) is 0 Å². The Kier molecular flexibility index (Phi) is 24.4. The monoisotopic (exact) mass is 596 g/mol. The van der Waals surface area contributed by atoms with E-state index in [1.807, 2.05) is 0 Å². The molecule has 1 saturated heterocycles. The number of hydrogen-bond acceptors (Lipinski definition) is 11. The van der Waals surface area contributed by atoms with Crippen molar-refractivity contribution in [1.82, 2.24) is 0 Å². The summed E-state index contributed by atoms with van der Waals surface area (Å²) >= 11 is 0. The van der Waals surface area contributed by atoms with E-state index in [2.05, 4.69) is 0 Å². The van der Waals surface area contributed by atoms with Gasteiger partial charge < -0.3 is 89.4 Å². The van der Waals surface area contributed by atoms with Gasteiger partial charge in [-0.2, -0.15) is 0 Å². The van der Waals surface area contributed by atoms with Gasteiger partial charge in [0.15, 0.2) is 12.4 Å². The molecule has 9 atom stereocenters. The van der Waals surface area contributed by atoms with Gasteiger partial charge in [-0.15, -0.1) is 0 Å². The molecule has 0 bridgehead atoms. The molecular weight excluding hydrogens is 576 g/mol. The fourth-order valence-corrected chi connectivity index (χ4v) is 2.16. The van der Waals surface area contributed by atoms with Crippen molar-refractivity contribution in [1.29, 1.82) is 0 Å². The second kappa shape index (κ2) is 18.0. The number of aliphatic hydroxyl groups is 8. The number of carboxylic acids is 1. The van der Waals surface area contributed by atoms with Crippen molar-refractivity contribution in [2.24, 2.45) is 0 Å². The first-order valence-corrected chi connectivity index (χ1v) is 6.99. The number of ether oxygens (including phenoxy) is 2. The number of aliphatic hydroxyl groups excluding tert-OH is 8. The molecule has 0 aromatic heterocycles. The molecule has 1 rings (SSSR count). The zero-order chi connectivity index (χ0) is 18.6. The smallest absolute Gasteiger partial charge is 1.00 e. The van der Waals surface area contributed by atoms with E-state index in [1.54, 1.807) is 0 Å². The number of aliphatic carboxylic acids is 1. The molecule has 0 spiro atoms. The van der Waals surface area contributed by atoms with E-state index in [9.17, 15) is 35.4 Å². The van der Waals surface area contributed by atoms with Crippen LogP contribution in [0.4, 0.5) is 0 Å². The summed E-state index contributed by atoms with van der Waals surface area (Å²) in [5.41, 5.74) is 0. The Morgan fingerprint density at radius 1 is 0.964 bits per heavy atom. The molecule has 0 aromatic rings. The second-order valence-electron chi connectivity index (χ2n) is 5.32. The maximum absolute atomic E-state index is 10.7. The third-order valence-corrected chi connectivity index (χ3v) is 3.62. The van der Waals surface area contributed by atoms with Crippen molar-refractivity contribution < 1.29 is 94.2 Å². The van der Waals surface area contributed by atoms with Gasteiger partial charge >= 0.3 is 81.4 Å². The Balaban J connectivity index is -0.000000720. The van der Waals surface area contributed by atoms with Gasteiger partial charge in [0.1, 0.15) is 42.7 Å². The molecule has 16 heteroatoms. The summed E-state index contributed by atoms with van der Waals surface area (Å²) < 4.78 is 9.98. The first-order chi connectivity index (χ1) is 11.1. The number of halogens is 2. The number of rotatable bonds is 8. The molecule has 4 unspecified atom stereocenters. The molecule has 1 heterocycles. The molecule has 0 aliphatic carbocycles. The fourth-order valence-electron chi connectivity index (χ4n) is 2.16. The molecule has 158 valence electrons. The number of hydrogen-bond donors (Lipinski definition) is 9. The number of carboxylic acid groups (broad SMARTS) is 1. The largest absolute Gasteiger partial charge is 2.00 e. The average molecular weight is 598 g/mol. The summed E-state index contributed by atoms with van der Waals surface area (Å²) in [6.07, 6.45) is -16.9. The van der Waals surface area contributed by atoms with Gasteiger partial charge in [-0.25, -0.2) is 4.79 Å². The van der Waals surface area contributed by atoms with Crippen LogP contribution in [0.5, 0.6) is 0 Å². The summed E-state index contributed by atoms with van der Waals surface area (Å²) in [4.78, 5) is 10.7. The second-order valence-corrected chi connectivity index (χ2v) is 5.32. The minimum atomic E-state index is -2.39. The first-order valence-electron chi connectivity index (χ1n) is 6.99. The van der Waals surface area contributed by atoms with Crippen LogP contribution in [-0.2, 0) is 14.3 Å². The minimum absolute atomic E-state index is 0. The quantitative estimate of drug-likeness (QED) is 0.119. The Bertz CT molecular complexity index is 424. The van der Waals surface area contributed by atoms with E-state index in [4.69, 9.17) is 24.8 Å². The summed E-state index contributed by atoms with van der Waals surface area (Å²) in [5, 5.41) is 84.5. The van der Waals surface area contributed by atoms with Crippen molar-refractivity contribution in [2.45, 2.75) is 55.1 Å². The van der Waals surface area contributed by atoms with E-state index < -0.39 is 74.3 Å². The summed E-state index contributed by atoms with van der Waals surface area (Å²) in [7, 11) is 0. The first kappa shape index (κ1) is 37.8. The molecule has 28 heavy (non-hydrogen) atoms. The van der Waals surface area contributed by atoms with Crippen LogP contribution in [0.2, 0.25) is 0 Å². The third kappa shape index (κ3) is 10.00. The van der Waals surface area contributed by atoms with Gasteiger partial charge in [0.25, 0.3) is 0 Å². The standard InChI is InChI=1S/C12H22O12.2BrH.2Ca/c13-1-3(15)10(7(18)8(19)11(21)22)24-12-9(20)6(17)5(16)4(2-14)23-12;;;;/h3-10,12-20H,1-2H2,(H,21,22);2*1H;;/q;;;2*+2/p-2/t3?,4-,5+,6+,7?,8?,9-,10?,12+;;;;/m1..../s1. The minimum Gasteiger partial charge on any atom is -1.00 e. The van der Waals surface area contributed by atoms with Gasteiger partial charge in [-0.1, -0.05) is 0 Å². The van der Waals surface area contributed by atoms with Crippen LogP contribution < -0.4 is 34.0 Å². The van der Waals surface area contributed by atoms with E-state index >= 15 is 0 Å². The zero-order valence-electron chi connectivity index (χ0n) is 14.5. The summed E-state index contributed by atoms with van der Waals surface area (Å²) in [6, 6.07) is 0. The molecule has 0 radical (unpaired) electrons. The molecule has 1 aliphatic heterocycles. The normalized spacial score (nSPS) is 30.8. The molecule has 0 aromatic carbocycles. The predicted molar refractivity (Wildman–Crippen MR) is 82.9 cm³/mol. The Morgan fingerprint density at radius 3 is 1.86 bits per heavy atom. The van der Waals surface area contributed by atoms with Crippen LogP contribution in [0.3, 0.4) is 0 Å². The molecule has 0 amide bonds. The molecule has 0 saturated carbocycles. The number of carbonyl (C=O) groups is 1. The van der Waals surface area contributed by atoms with Crippen LogP contribution >= 0.6 is 0 Å². The third-order valence-electron chi connectivity index (χ3n) is 3.62. The Hall–Kier alpha value is 2.55. The van der Waals surface area contributed by atoms with Crippen molar-refractivity contribution in [3.05, 3.63) is 0 Å². The maximum Gasteiger partial charge on any atom is 2.00 e. The van der Waals surface area contributed by atoms with E-state index in [0.717, 1.165) is 0 Å². The molecule has 9 N–H and O–H groups in total. The van der Waals surface area contributed by atoms with Crippen LogP contribution in [0.25, 0.3) is 0 Å². The topological polar surface area (TPSA) is 218 Å². The molecular formula is C12H22Br2Ca2O12+2.